The van der Waals surface area contributed by atoms with Gasteiger partial charge < -0.3 is 14.4 Å². The maximum absolute atomic E-state index is 11.3. The highest BCUT2D eigenvalue weighted by Gasteiger charge is 2.26. The van der Waals surface area contributed by atoms with E-state index < -0.39 is 5.97 Å². The van der Waals surface area contributed by atoms with Crippen LogP contribution < -0.4 is 4.90 Å². The maximum atomic E-state index is 11.3. The number of hydrogen-bond acceptors (Lipinski definition) is 3. The molecule has 1 aliphatic heterocycles. The molecule has 1 aromatic heterocycles. The zero-order valence-corrected chi connectivity index (χ0v) is 11.4. The molecule has 1 N–H and O–H groups in total. The first kappa shape index (κ1) is 12.8. The van der Waals surface area contributed by atoms with Gasteiger partial charge in [-0.25, -0.2) is 4.79 Å². The Labute approximate surface area is 117 Å². The average Bonchev–Trinajstić information content (AvgIpc) is 2.99. The van der Waals surface area contributed by atoms with Gasteiger partial charge in [0, 0.05) is 17.8 Å². The minimum atomic E-state index is -0.848. The molecule has 1 unspecified atom stereocenters. The first-order valence-corrected chi connectivity index (χ1v) is 6.82. The molecule has 104 valence electrons. The molecule has 0 bridgehead atoms. The Morgan fingerprint density at radius 3 is 2.95 bits per heavy atom. The van der Waals surface area contributed by atoms with Crippen molar-refractivity contribution < 1.29 is 14.3 Å². The molecule has 1 aromatic carbocycles. The molecule has 3 rings (SSSR count). The molecule has 1 aliphatic rings. The second-order valence-electron chi connectivity index (χ2n) is 5.14. The smallest absolute Gasteiger partial charge is 0.336 e. The molecule has 20 heavy (non-hydrogen) atoms. The Morgan fingerprint density at radius 1 is 1.40 bits per heavy atom. The van der Waals surface area contributed by atoms with Gasteiger partial charge in [0.2, 0.25) is 0 Å². The summed E-state index contributed by atoms with van der Waals surface area (Å²) < 4.78 is 5.16. The van der Waals surface area contributed by atoms with E-state index in [1.807, 2.05) is 18.2 Å². The van der Waals surface area contributed by atoms with Gasteiger partial charge in [-0.1, -0.05) is 6.07 Å². The van der Waals surface area contributed by atoms with E-state index in [9.17, 15) is 9.90 Å². The second kappa shape index (κ2) is 5.04. The number of aromatic carboxylic acids is 1. The molecule has 1 atom stereocenters. The molecule has 0 radical (unpaired) electrons. The van der Waals surface area contributed by atoms with Gasteiger partial charge in [0.05, 0.1) is 24.1 Å². The van der Waals surface area contributed by atoms with Crippen molar-refractivity contribution in [1.29, 1.82) is 0 Å². The summed E-state index contributed by atoms with van der Waals surface area (Å²) in [6.07, 6.45) is 5.22. The fraction of sp³-hybridized carbons (Fsp3) is 0.312. The third kappa shape index (κ3) is 2.07. The van der Waals surface area contributed by atoms with E-state index >= 15 is 0 Å². The van der Waals surface area contributed by atoms with Crippen LogP contribution in [0.5, 0.6) is 0 Å². The maximum Gasteiger partial charge on any atom is 0.336 e. The Balaban J connectivity index is 2.02. The lowest BCUT2D eigenvalue weighted by Crippen LogP contribution is -2.32. The standard InChI is InChI=1S/C16H17NO3/c1-11(12-7-9-20-10-12)17-8-3-5-13-14(16(18)19)4-2-6-15(13)17/h2,4,6-7,9-11H,3,5,8H2,1H3,(H,18,19). The zero-order chi connectivity index (χ0) is 14.1. The fourth-order valence-corrected chi connectivity index (χ4v) is 2.95. The zero-order valence-electron chi connectivity index (χ0n) is 11.4. The fourth-order valence-electron chi connectivity index (χ4n) is 2.95. The van der Waals surface area contributed by atoms with Crippen molar-refractivity contribution in [2.24, 2.45) is 0 Å². The highest BCUT2D eigenvalue weighted by Crippen LogP contribution is 2.35. The van der Waals surface area contributed by atoms with Gasteiger partial charge in [0.25, 0.3) is 0 Å². The Morgan fingerprint density at radius 2 is 2.25 bits per heavy atom. The second-order valence-corrected chi connectivity index (χ2v) is 5.14. The molecule has 2 aromatic rings. The number of carbonyl (C=O) groups is 1. The molecule has 0 aliphatic carbocycles. The van der Waals surface area contributed by atoms with Gasteiger partial charge in [0.15, 0.2) is 0 Å². The summed E-state index contributed by atoms with van der Waals surface area (Å²) in [6, 6.07) is 7.66. The Bertz CT molecular complexity index is 619. The minimum Gasteiger partial charge on any atom is -0.478 e. The number of hydrogen-bond donors (Lipinski definition) is 1. The van der Waals surface area contributed by atoms with Crippen LogP contribution in [0.2, 0.25) is 0 Å². The normalized spacial score (nSPS) is 15.8. The van der Waals surface area contributed by atoms with Gasteiger partial charge in [0.1, 0.15) is 0 Å². The van der Waals surface area contributed by atoms with Crippen molar-refractivity contribution in [3.8, 4) is 0 Å². The van der Waals surface area contributed by atoms with E-state index in [1.165, 1.54) is 0 Å². The third-order valence-corrected chi connectivity index (χ3v) is 4.01. The lowest BCUT2D eigenvalue weighted by Gasteiger charge is -2.36. The number of anilines is 1. The molecule has 0 spiro atoms. The number of benzene rings is 1. The Kier molecular flexibility index (Phi) is 3.22. The van der Waals surface area contributed by atoms with E-state index in [0.717, 1.165) is 36.2 Å². The predicted molar refractivity (Wildman–Crippen MR) is 76.2 cm³/mol. The van der Waals surface area contributed by atoms with Gasteiger partial charge in [-0.3, -0.25) is 0 Å². The highest BCUT2D eigenvalue weighted by atomic mass is 16.4. The van der Waals surface area contributed by atoms with E-state index in [4.69, 9.17) is 4.42 Å². The van der Waals surface area contributed by atoms with Crippen molar-refractivity contribution in [3.05, 3.63) is 53.5 Å². The summed E-state index contributed by atoms with van der Waals surface area (Å²) in [4.78, 5) is 13.6. The molecule has 0 amide bonds. The van der Waals surface area contributed by atoms with Crippen LogP contribution in [0.4, 0.5) is 5.69 Å². The third-order valence-electron chi connectivity index (χ3n) is 4.01. The number of rotatable bonds is 3. The van der Waals surface area contributed by atoms with E-state index in [2.05, 4.69) is 11.8 Å². The SMILES string of the molecule is CC(c1ccoc1)N1CCCc2c(C(=O)O)cccc21. The molecule has 0 saturated carbocycles. The number of furan rings is 1. The Hall–Kier alpha value is -2.23. The van der Waals surface area contributed by atoms with Crippen LogP contribution in [-0.4, -0.2) is 17.6 Å². The predicted octanol–water partition coefficient (Wildman–Crippen LogP) is 3.49. The topological polar surface area (TPSA) is 53.7 Å². The van der Waals surface area contributed by atoms with Crippen LogP contribution in [0.15, 0.2) is 41.2 Å². The minimum absolute atomic E-state index is 0.178. The number of carboxylic acid groups (broad SMARTS) is 1. The average molecular weight is 271 g/mol. The molecule has 2 heterocycles. The summed E-state index contributed by atoms with van der Waals surface area (Å²) in [5.41, 5.74) is 3.51. The molecular formula is C16H17NO3. The van der Waals surface area contributed by atoms with Crippen LogP contribution in [-0.2, 0) is 6.42 Å². The molecule has 0 saturated heterocycles. The number of fused-ring (bicyclic) bond motifs is 1. The van der Waals surface area contributed by atoms with E-state index in [1.54, 1.807) is 18.6 Å². The quantitative estimate of drug-likeness (QED) is 0.928. The van der Waals surface area contributed by atoms with Gasteiger partial charge in [-0.15, -0.1) is 0 Å². The molecular weight excluding hydrogens is 254 g/mol. The number of nitrogens with zero attached hydrogens (tertiary/aromatic N) is 1. The monoisotopic (exact) mass is 271 g/mol. The summed E-state index contributed by atoms with van der Waals surface area (Å²) in [5.74, 6) is -0.848. The van der Waals surface area contributed by atoms with Gasteiger partial charge in [-0.05, 0) is 43.5 Å². The van der Waals surface area contributed by atoms with Crippen LogP contribution in [0.1, 0.15) is 40.9 Å². The molecule has 4 nitrogen and oxygen atoms in total. The van der Waals surface area contributed by atoms with Crippen LogP contribution in [0.25, 0.3) is 0 Å². The summed E-state index contributed by atoms with van der Waals surface area (Å²) in [7, 11) is 0. The van der Waals surface area contributed by atoms with Gasteiger partial charge >= 0.3 is 5.97 Å². The number of carboxylic acids is 1. The highest BCUT2D eigenvalue weighted by molar-refractivity contribution is 5.91. The lowest BCUT2D eigenvalue weighted by molar-refractivity contribution is 0.0695. The first-order chi connectivity index (χ1) is 9.68. The van der Waals surface area contributed by atoms with Crippen molar-refractivity contribution in [2.45, 2.75) is 25.8 Å². The van der Waals surface area contributed by atoms with E-state index in [-0.39, 0.29) is 6.04 Å². The van der Waals surface area contributed by atoms with Crippen LogP contribution in [0, 0.1) is 0 Å². The summed E-state index contributed by atoms with van der Waals surface area (Å²) >= 11 is 0. The van der Waals surface area contributed by atoms with E-state index in [0.29, 0.717) is 5.56 Å². The van der Waals surface area contributed by atoms with Crippen LogP contribution in [0.3, 0.4) is 0 Å². The van der Waals surface area contributed by atoms with Crippen molar-refractivity contribution in [3.63, 3.8) is 0 Å². The summed E-state index contributed by atoms with van der Waals surface area (Å²) in [6.45, 7) is 3.05. The van der Waals surface area contributed by atoms with Crippen molar-refractivity contribution in [2.75, 3.05) is 11.4 Å². The van der Waals surface area contributed by atoms with Crippen molar-refractivity contribution in [1.82, 2.24) is 0 Å². The van der Waals surface area contributed by atoms with Crippen LogP contribution >= 0.6 is 0 Å². The first-order valence-electron chi connectivity index (χ1n) is 6.82. The molecule has 0 fully saturated rings. The largest absolute Gasteiger partial charge is 0.478 e. The van der Waals surface area contributed by atoms with Crippen molar-refractivity contribution >= 4 is 11.7 Å². The lowest BCUT2D eigenvalue weighted by atomic mass is 9.94. The summed E-state index contributed by atoms with van der Waals surface area (Å²) in [5, 5.41) is 9.32. The molecule has 4 heteroatoms. The van der Waals surface area contributed by atoms with Gasteiger partial charge in [-0.2, -0.15) is 0 Å².